The van der Waals surface area contributed by atoms with Crippen molar-refractivity contribution in [2.24, 2.45) is 0 Å². The van der Waals surface area contributed by atoms with Crippen LogP contribution in [0.25, 0.3) is 0 Å². The maximum Gasteiger partial charge on any atom is 1.00 e. The molecule has 0 bridgehead atoms. The molecular formula is C6H8Na2O8. The van der Waals surface area contributed by atoms with Gasteiger partial charge in [0, 0.05) is 0 Å². The topological polar surface area (TPSA) is 161 Å². The van der Waals surface area contributed by atoms with Gasteiger partial charge < -0.3 is 40.2 Å². The van der Waals surface area contributed by atoms with Gasteiger partial charge in [-0.15, -0.1) is 0 Å². The van der Waals surface area contributed by atoms with Gasteiger partial charge in [-0.3, -0.25) is 0 Å². The Hall–Kier alpha value is 0.780. The Kier molecular flexibility index (Phi) is 13.4. The molecule has 4 atom stereocenters. The van der Waals surface area contributed by atoms with Gasteiger partial charge in [0.25, 0.3) is 0 Å². The molecule has 4 N–H and O–H groups in total. The molecule has 0 aromatic carbocycles. The summed E-state index contributed by atoms with van der Waals surface area (Å²) < 4.78 is 0. The van der Waals surface area contributed by atoms with E-state index in [1.807, 2.05) is 0 Å². The third-order valence-electron chi connectivity index (χ3n) is 1.48. The Morgan fingerprint density at radius 2 is 0.938 bits per heavy atom. The molecule has 0 aliphatic heterocycles. The van der Waals surface area contributed by atoms with Gasteiger partial charge >= 0.3 is 59.1 Å². The van der Waals surface area contributed by atoms with Crippen molar-refractivity contribution in [2.45, 2.75) is 24.4 Å². The molecule has 0 spiro atoms. The number of carboxylic acids is 2. The molecule has 0 radical (unpaired) electrons. The van der Waals surface area contributed by atoms with Crippen LogP contribution in [0, 0.1) is 0 Å². The molecule has 0 amide bonds. The van der Waals surface area contributed by atoms with Crippen LogP contribution in [-0.2, 0) is 9.59 Å². The number of carbonyl (C=O) groups excluding carboxylic acids is 2. The standard InChI is InChI=1S/C6H10O8.2Na/c7-1(3(9)5(11)12)2(8)4(10)6(13)14;;/h1-4,7-10H,(H,11,12)(H,13,14);;/q;2*+1/p-2/t1-,2-,3-,4+;;/m0../s1. The summed E-state index contributed by atoms with van der Waals surface area (Å²) >= 11 is 0. The molecule has 0 unspecified atom stereocenters. The van der Waals surface area contributed by atoms with E-state index in [1.54, 1.807) is 0 Å². The summed E-state index contributed by atoms with van der Waals surface area (Å²) in [5.41, 5.74) is 0. The number of carboxylic acid groups (broad SMARTS) is 2. The van der Waals surface area contributed by atoms with E-state index in [1.165, 1.54) is 0 Å². The Morgan fingerprint density at radius 1 is 0.750 bits per heavy atom. The van der Waals surface area contributed by atoms with Crippen LogP contribution in [0.2, 0.25) is 0 Å². The van der Waals surface area contributed by atoms with E-state index < -0.39 is 36.4 Å². The molecule has 16 heavy (non-hydrogen) atoms. The van der Waals surface area contributed by atoms with Crippen molar-refractivity contribution in [3.63, 3.8) is 0 Å². The van der Waals surface area contributed by atoms with E-state index >= 15 is 0 Å². The van der Waals surface area contributed by atoms with E-state index in [0.29, 0.717) is 0 Å². The second-order valence-corrected chi connectivity index (χ2v) is 2.51. The quantitative estimate of drug-likeness (QED) is 0.351. The number of hydrogen-bond donors (Lipinski definition) is 4. The number of carbonyl (C=O) groups is 2. The Morgan fingerprint density at radius 3 is 1.06 bits per heavy atom. The summed E-state index contributed by atoms with van der Waals surface area (Å²) in [6.07, 6.45) is -9.76. The molecule has 0 fully saturated rings. The van der Waals surface area contributed by atoms with Crippen LogP contribution >= 0.6 is 0 Å². The van der Waals surface area contributed by atoms with Crippen molar-refractivity contribution < 1.29 is 99.3 Å². The molecule has 0 saturated heterocycles. The number of aliphatic carboxylic acids is 2. The summed E-state index contributed by atoms with van der Waals surface area (Å²) in [6.45, 7) is 0. The van der Waals surface area contributed by atoms with Crippen LogP contribution in [0.15, 0.2) is 0 Å². The normalized spacial score (nSPS) is 17.0. The maximum absolute atomic E-state index is 9.96. The molecule has 0 aliphatic carbocycles. The van der Waals surface area contributed by atoms with E-state index in [9.17, 15) is 19.8 Å². The van der Waals surface area contributed by atoms with Gasteiger partial charge in [-0.2, -0.15) is 0 Å². The number of hydrogen-bond acceptors (Lipinski definition) is 8. The zero-order valence-corrected chi connectivity index (χ0v) is 12.7. The van der Waals surface area contributed by atoms with Gasteiger partial charge in [0.2, 0.25) is 0 Å². The van der Waals surface area contributed by atoms with Crippen LogP contribution in [-0.4, -0.2) is 56.8 Å². The average molecular weight is 254 g/mol. The predicted molar refractivity (Wildman–Crippen MR) is 34.0 cm³/mol. The molecule has 8 nitrogen and oxygen atoms in total. The molecular weight excluding hydrogens is 246 g/mol. The van der Waals surface area contributed by atoms with Gasteiger partial charge in [-0.05, 0) is 0 Å². The smallest absolute Gasteiger partial charge is 0.547 e. The van der Waals surface area contributed by atoms with Crippen molar-refractivity contribution in [3.05, 3.63) is 0 Å². The van der Waals surface area contributed by atoms with Gasteiger partial charge in [0.1, 0.15) is 24.4 Å². The summed E-state index contributed by atoms with van der Waals surface area (Å²) in [6, 6.07) is 0. The first-order valence-electron chi connectivity index (χ1n) is 3.43. The zero-order chi connectivity index (χ0) is 11.5. The molecule has 0 saturated carbocycles. The fourth-order valence-electron chi connectivity index (χ4n) is 0.652. The molecule has 10 heteroatoms. The third-order valence-corrected chi connectivity index (χ3v) is 1.48. The summed E-state index contributed by atoms with van der Waals surface area (Å²) in [5, 5.41) is 54.7. The summed E-state index contributed by atoms with van der Waals surface area (Å²) in [4.78, 5) is 19.9. The van der Waals surface area contributed by atoms with Crippen molar-refractivity contribution >= 4 is 11.9 Å². The molecule has 0 heterocycles. The van der Waals surface area contributed by atoms with Crippen LogP contribution in [0.5, 0.6) is 0 Å². The number of aliphatic hydroxyl groups excluding tert-OH is 4. The minimum Gasteiger partial charge on any atom is -0.547 e. The Bertz CT molecular complexity index is 211. The van der Waals surface area contributed by atoms with E-state index in [4.69, 9.17) is 20.4 Å². The van der Waals surface area contributed by atoms with Gasteiger partial charge in [0.05, 0.1) is 11.9 Å². The summed E-state index contributed by atoms with van der Waals surface area (Å²) in [5.74, 6) is -4.22. The van der Waals surface area contributed by atoms with Gasteiger partial charge in [-0.25, -0.2) is 0 Å². The molecule has 0 aromatic rings. The van der Waals surface area contributed by atoms with Gasteiger partial charge in [-0.1, -0.05) is 0 Å². The zero-order valence-electron chi connectivity index (χ0n) is 8.73. The SMILES string of the molecule is O=C([O-])[C@@H](O)[C@@H](O)[C@H](O)[C@@H](O)C(=O)[O-].[Na+].[Na+]. The predicted octanol–water partition coefficient (Wildman–Crippen LogP) is -12.1. The molecule has 0 aliphatic rings. The fraction of sp³-hybridized carbons (Fsp3) is 0.667. The van der Waals surface area contributed by atoms with Crippen LogP contribution < -0.4 is 69.3 Å². The first kappa shape index (κ1) is 22.0. The fourth-order valence-corrected chi connectivity index (χ4v) is 0.652. The first-order valence-corrected chi connectivity index (χ1v) is 3.43. The van der Waals surface area contributed by atoms with Crippen molar-refractivity contribution in [2.75, 3.05) is 0 Å². The maximum atomic E-state index is 9.96. The third kappa shape index (κ3) is 6.50. The van der Waals surface area contributed by atoms with Crippen LogP contribution in [0.3, 0.4) is 0 Å². The molecule has 82 valence electrons. The second-order valence-electron chi connectivity index (χ2n) is 2.51. The van der Waals surface area contributed by atoms with E-state index in [-0.39, 0.29) is 59.1 Å². The van der Waals surface area contributed by atoms with E-state index in [0.717, 1.165) is 0 Å². The Labute approximate surface area is 134 Å². The largest absolute Gasteiger partial charge is 1.00 e. The van der Waals surface area contributed by atoms with Crippen molar-refractivity contribution in [3.8, 4) is 0 Å². The minimum absolute atomic E-state index is 0. The molecule has 0 rings (SSSR count). The Balaban J connectivity index is -0.000000845. The number of rotatable bonds is 5. The second kappa shape index (κ2) is 9.77. The van der Waals surface area contributed by atoms with E-state index in [2.05, 4.69) is 0 Å². The average Bonchev–Trinajstić information content (AvgIpc) is 2.12. The van der Waals surface area contributed by atoms with Crippen molar-refractivity contribution in [1.29, 1.82) is 0 Å². The minimum atomic E-state index is -2.50. The van der Waals surface area contributed by atoms with Crippen LogP contribution in [0.4, 0.5) is 0 Å². The van der Waals surface area contributed by atoms with Gasteiger partial charge in [0.15, 0.2) is 0 Å². The molecule has 0 aromatic heterocycles. The first-order chi connectivity index (χ1) is 6.29. The number of aliphatic hydroxyl groups is 4. The monoisotopic (exact) mass is 254 g/mol. The van der Waals surface area contributed by atoms with Crippen LogP contribution in [0.1, 0.15) is 0 Å². The summed E-state index contributed by atoms with van der Waals surface area (Å²) in [7, 11) is 0. The van der Waals surface area contributed by atoms with Crippen molar-refractivity contribution in [1.82, 2.24) is 0 Å².